The van der Waals surface area contributed by atoms with Crippen LogP contribution in [0.5, 0.6) is 5.75 Å². The molecule has 174 valence electrons. The number of rotatable bonds is 4. The molecule has 1 fully saturated rings. The Hall–Kier alpha value is -3.57. The number of fused-ring (bicyclic) bond motifs is 1. The number of ether oxygens (including phenoxy) is 1. The van der Waals surface area contributed by atoms with Crippen molar-refractivity contribution in [1.29, 1.82) is 5.26 Å². The van der Waals surface area contributed by atoms with Crippen molar-refractivity contribution in [3.05, 3.63) is 64.4 Å². The molecule has 0 radical (unpaired) electrons. The van der Waals surface area contributed by atoms with Crippen molar-refractivity contribution in [1.82, 2.24) is 10.2 Å². The van der Waals surface area contributed by atoms with Gasteiger partial charge in [0.1, 0.15) is 11.8 Å². The van der Waals surface area contributed by atoms with Gasteiger partial charge in [-0.05, 0) is 56.0 Å². The predicted octanol–water partition coefficient (Wildman–Crippen LogP) is 3.81. The summed E-state index contributed by atoms with van der Waals surface area (Å²) in [6.07, 6.45) is 12.7. The molecule has 5 rings (SSSR count). The Labute approximate surface area is 202 Å². The first kappa shape index (κ1) is 22.2. The van der Waals surface area contributed by atoms with E-state index < -0.39 is 12.1 Å². The minimum Gasteiger partial charge on any atom is -0.478 e. The van der Waals surface area contributed by atoms with E-state index in [0.717, 1.165) is 25.2 Å². The van der Waals surface area contributed by atoms with E-state index in [9.17, 15) is 9.90 Å². The van der Waals surface area contributed by atoms with Crippen molar-refractivity contribution in [3.63, 3.8) is 0 Å². The lowest BCUT2D eigenvalue weighted by Gasteiger charge is -2.32. The van der Waals surface area contributed by atoms with Gasteiger partial charge in [-0.2, -0.15) is 5.26 Å². The van der Waals surface area contributed by atoms with Crippen LogP contribution in [0.25, 0.3) is 0 Å². The molecule has 0 aromatic heterocycles. The molecule has 8 nitrogen and oxygen atoms in total. The van der Waals surface area contributed by atoms with Crippen molar-refractivity contribution in [2.75, 3.05) is 13.1 Å². The van der Waals surface area contributed by atoms with Crippen molar-refractivity contribution in [2.45, 2.75) is 37.9 Å². The van der Waals surface area contributed by atoms with Crippen molar-refractivity contribution < 1.29 is 14.6 Å². The number of nitriles is 1. The normalized spacial score (nSPS) is 25.8. The second-order valence-corrected chi connectivity index (χ2v) is 9.06. The van der Waals surface area contributed by atoms with Crippen molar-refractivity contribution >= 4 is 29.3 Å². The van der Waals surface area contributed by atoms with Crippen LogP contribution >= 0.6 is 11.6 Å². The molecule has 4 aliphatic rings. The lowest BCUT2D eigenvalue weighted by Crippen LogP contribution is -2.38. The monoisotopic (exact) mass is 477 g/mol. The van der Waals surface area contributed by atoms with Crippen LogP contribution in [0.2, 0.25) is 0 Å². The van der Waals surface area contributed by atoms with Gasteiger partial charge in [0.05, 0.1) is 27.9 Å². The number of hydrogen-bond acceptors (Lipinski definition) is 7. The minimum absolute atomic E-state index is 0.0665. The molecule has 0 amide bonds. The minimum atomic E-state index is -1.20. The molecule has 1 aromatic carbocycles. The number of nitrogens with one attached hydrogen (secondary N) is 1. The van der Waals surface area contributed by atoms with Gasteiger partial charge in [-0.3, -0.25) is 4.99 Å². The highest BCUT2D eigenvalue weighted by atomic mass is 35.5. The van der Waals surface area contributed by atoms with Gasteiger partial charge in [0.2, 0.25) is 0 Å². The van der Waals surface area contributed by atoms with Crippen LogP contribution in [0.1, 0.15) is 41.6 Å². The first-order valence-electron chi connectivity index (χ1n) is 11.4. The van der Waals surface area contributed by atoms with Crippen LogP contribution in [0.15, 0.2) is 63.2 Å². The van der Waals surface area contributed by atoms with E-state index in [1.165, 1.54) is 43.2 Å². The highest BCUT2D eigenvalue weighted by Crippen LogP contribution is 2.31. The molecular weight excluding hydrogens is 454 g/mol. The first-order valence-corrected chi connectivity index (χ1v) is 11.8. The lowest BCUT2D eigenvalue weighted by molar-refractivity contribution is 0.0696. The first-order chi connectivity index (χ1) is 16.5. The predicted molar refractivity (Wildman–Crippen MR) is 129 cm³/mol. The zero-order chi connectivity index (χ0) is 23.7. The number of likely N-dealkylation sites (tertiary alicyclic amines) is 1. The molecule has 0 spiro atoms. The van der Waals surface area contributed by atoms with E-state index >= 15 is 0 Å². The SMILES string of the molecule is N#Cc1ccc(OC2=NC3N=C(C4C=CC(N5CCCCC5)=CC4)C(Cl)=CC3N2)cc1C(=O)O. The molecule has 0 bridgehead atoms. The van der Waals surface area contributed by atoms with Crippen molar-refractivity contribution in [2.24, 2.45) is 15.9 Å². The van der Waals surface area contributed by atoms with Crippen molar-refractivity contribution in [3.8, 4) is 11.8 Å². The van der Waals surface area contributed by atoms with Crippen LogP contribution < -0.4 is 10.1 Å². The number of nitrogens with zero attached hydrogens (tertiary/aromatic N) is 4. The summed E-state index contributed by atoms with van der Waals surface area (Å²) in [5, 5.41) is 22.1. The number of piperidine rings is 1. The molecule has 3 atom stereocenters. The second kappa shape index (κ2) is 9.35. The summed E-state index contributed by atoms with van der Waals surface area (Å²) in [6.45, 7) is 2.23. The third-order valence-electron chi connectivity index (χ3n) is 6.41. The quantitative estimate of drug-likeness (QED) is 0.682. The maximum absolute atomic E-state index is 11.4. The number of carboxylic acid groups (broad SMARTS) is 1. The van der Waals surface area contributed by atoms with Gasteiger partial charge in [-0.1, -0.05) is 23.8 Å². The summed E-state index contributed by atoms with van der Waals surface area (Å²) in [5.41, 5.74) is 2.04. The van der Waals surface area contributed by atoms with E-state index in [-0.39, 0.29) is 34.9 Å². The van der Waals surface area contributed by atoms with E-state index in [1.54, 1.807) is 0 Å². The van der Waals surface area contributed by atoms with E-state index in [2.05, 4.69) is 33.4 Å². The molecule has 0 saturated carbocycles. The lowest BCUT2D eigenvalue weighted by atomic mass is 9.91. The summed E-state index contributed by atoms with van der Waals surface area (Å²) in [5.74, 6) is -0.833. The average Bonchev–Trinajstić information content (AvgIpc) is 3.25. The average molecular weight is 478 g/mol. The molecule has 3 unspecified atom stereocenters. The fourth-order valence-corrected chi connectivity index (χ4v) is 4.96. The fraction of sp³-hybridized carbons (Fsp3) is 0.360. The number of hydrogen-bond donors (Lipinski definition) is 2. The number of halogens is 1. The number of carboxylic acids is 1. The Kier molecular flexibility index (Phi) is 6.12. The Morgan fingerprint density at radius 3 is 2.79 bits per heavy atom. The fourth-order valence-electron chi connectivity index (χ4n) is 4.64. The van der Waals surface area contributed by atoms with Crippen LogP contribution in [-0.4, -0.2) is 53.0 Å². The van der Waals surface area contributed by atoms with Crippen LogP contribution in [0.4, 0.5) is 0 Å². The Morgan fingerprint density at radius 1 is 1.26 bits per heavy atom. The van der Waals surface area contributed by atoms with Gasteiger partial charge in [-0.15, -0.1) is 0 Å². The van der Waals surface area contributed by atoms with E-state index in [0.29, 0.717) is 5.03 Å². The maximum Gasteiger partial charge on any atom is 0.337 e. The topological polar surface area (TPSA) is 110 Å². The second-order valence-electron chi connectivity index (χ2n) is 8.65. The summed E-state index contributed by atoms with van der Waals surface area (Å²) in [6, 6.07) is 6.11. The summed E-state index contributed by atoms with van der Waals surface area (Å²) in [4.78, 5) is 23.2. The molecule has 2 N–H and O–H groups in total. The molecule has 3 aliphatic heterocycles. The van der Waals surface area contributed by atoms with Gasteiger partial charge in [0, 0.05) is 24.7 Å². The number of aliphatic imine (C=N–C) groups is 2. The largest absolute Gasteiger partial charge is 0.478 e. The number of aromatic carboxylic acids is 1. The Balaban J connectivity index is 1.29. The molecule has 1 aliphatic carbocycles. The molecular formula is C25H24ClN5O3. The molecule has 34 heavy (non-hydrogen) atoms. The highest BCUT2D eigenvalue weighted by Gasteiger charge is 2.34. The molecule has 1 saturated heterocycles. The maximum atomic E-state index is 11.4. The third kappa shape index (κ3) is 4.44. The highest BCUT2D eigenvalue weighted by molar-refractivity contribution is 6.44. The molecule has 3 heterocycles. The number of amidine groups is 1. The van der Waals surface area contributed by atoms with Crippen LogP contribution in [0, 0.1) is 17.2 Å². The van der Waals surface area contributed by atoms with Gasteiger partial charge in [0.25, 0.3) is 6.02 Å². The zero-order valence-electron chi connectivity index (χ0n) is 18.4. The van der Waals surface area contributed by atoms with Crippen LogP contribution in [0.3, 0.4) is 0 Å². The summed E-state index contributed by atoms with van der Waals surface area (Å²) >= 11 is 6.60. The number of allylic oxidation sites excluding steroid dienone is 4. The molecule has 9 heteroatoms. The van der Waals surface area contributed by atoms with Gasteiger partial charge >= 0.3 is 5.97 Å². The standard InChI is InChI=1S/C25H24ClN5O3/c26-20-13-21-23(29-22(20)15-4-7-17(8-5-15)31-10-2-1-3-11-31)30-25(28-21)34-18-9-6-16(14-27)19(12-18)24(32)33/h4,6-9,12-13,15,21,23H,1-3,5,10-11H2,(H,28,30)(H,32,33). The van der Waals surface area contributed by atoms with Crippen LogP contribution in [-0.2, 0) is 0 Å². The zero-order valence-corrected chi connectivity index (χ0v) is 19.2. The number of carbonyl (C=O) groups is 1. The van der Waals surface area contributed by atoms with E-state index in [4.69, 9.17) is 26.6 Å². The van der Waals surface area contributed by atoms with E-state index in [1.807, 2.05) is 12.1 Å². The van der Waals surface area contributed by atoms with Gasteiger partial charge in [0.15, 0.2) is 6.17 Å². The summed E-state index contributed by atoms with van der Waals surface area (Å²) < 4.78 is 5.75. The number of benzene rings is 1. The summed E-state index contributed by atoms with van der Waals surface area (Å²) in [7, 11) is 0. The third-order valence-corrected chi connectivity index (χ3v) is 6.73. The number of dihydropyridines is 1. The Morgan fingerprint density at radius 2 is 2.09 bits per heavy atom. The smallest absolute Gasteiger partial charge is 0.337 e. The Bertz CT molecular complexity index is 1200. The van der Waals surface area contributed by atoms with Gasteiger partial charge in [-0.25, -0.2) is 9.79 Å². The molecule has 1 aromatic rings. The van der Waals surface area contributed by atoms with Gasteiger partial charge < -0.3 is 20.1 Å².